The normalized spacial score (nSPS) is 25.9. The van der Waals surface area contributed by atoms with E-state index in [4.69, 9.17) is 19.7 Å². The standard InChI is InChI=1S/C26H29N9O2/c36-26(30-18-2-1-9-27-11-18)29-17-5-3-16(4-6-17)23-31-24(34-14-21-7-8-22(15-34)37-21)33-25(32-23)35-13-19-10-20(35)12-28-19/h1-6,9,11,19-22,28H,7-8,10,12-15H2,(H2,29,30,36)/t19-,20-,21?,22?/m0/s1. The van der Waals surface area contributed by atoms with E-state index in [9.17, 15) is 4.79 Å². The van der Waals surface area contributed by atoms with Crippen molar-refractivity contribution in [3.63, 3.8) is 0 Å². The highest BCUT2D eigenvalue weighted by Crippen LogP contribution is 2.32. The third kappa shape index (κ3) is 4.56. The van der Waals surface area contributed by atoms with Crippen LogP contribution < -0.4 is 25.8 Å². The summed E-state index contributed by atoms with van der Waals surface area (Å²) in [6.45, 7) is 3.49. The summed E-state index contributed by atoms with van der Waals surface area (Å²) in [5.74, 6) is 2.10. The maximum absolute atomic E-state index is 12.4. The first-order valence-corrected chi connectivity index (χ1v) is 12.9. The van der Waals surface area contributed by atoms with Gasteiger partial charge in [-0.15, -0.1) is 0 Å². The largest absolute Gasteiger partial charge is 0.371 e. The zero-order chi connectivity index (χ0) is 24.8. The minimum atomic E-state index is -0.329. The van der Waals surface area contributed by atoms with E-state index < -0.39 is 0 Å². The number of anilines is 4. The number of amides is 2. The van der Waals surface area contributed by atoms with Crippen LogP contribution in [0.4, 0.5) is 28.1 Å². The van der Waals surface area contributed by atoms with Crippen LogP contribution in [0, 0.1) is 0 Å². The first-order valence-electron chi connectivity index (χ1n) is 12.9. The molecule has 4 bridgehead atoms. The second kappa shape index (κ2) is 9.24. The Kier molecular flexibility index (Phi) is 5.59. The quantitative estimate of drug-likeness (QED) is 0.486. The Labute approximate surface area is 214 Å². The van der Waals surface area contributed by atoms with E-state index in [2.05, 4.69) is 30.7 Å². The van der Waals surface area contributed by atoms with Crippen molar-refractivity contribution in [2.75, 3.05) is 46.6 Å². The van der Waals surface area contributed by atoms with Gasteiger partial charge in [-0.1, -0.05) is 0 Å². The van der Waals surface area contributed by atoms with Crippen molar-refractivity contribution in [3.05, 3.63) is 48.8 Å². The zero-order valence-corrected chi connectivity index (χ0v) is 20.4. The molecule has 4 atom stereocenters. The summed E-state index contributed by atoms with van der Waals surface area (Å²) in [7, 11) is 0. The highest BCUT2D eigenvalue weighted by Gasteiger charge is 2.40. The van der Waals surface area contributed by atoms with Gasteiger partial charge < -0.3 is 30.5 Å². The van der Waals surface area contributed by atoms with Gasteiger partial charge in [0.15, 0.2) is 5.82 Å². The molecule has 0 radical (unpaired) electrons. The molecule has 11 heteroatoms. The second-order valence-electron chi connectivity index (χ2n) is 10.2. The fourth-order valence-electron chi connectivity index (χ4n) is 5.77. The number of nitrogens with zero attached hydrogens (tertiary/aromatic N) is 6. The number of morpholine rings is 1. The molecule has 0 spiro atoms. The van der Waals surface area contributed by atoms with Gasteiger partial charge >= 0.3 is 6.03 Å². The van der Waals surface area contributed by atoms with Gasteiger partial charge in [-0.3, -0.25) is 4.98 Å². The Morgan fingerprint density at radius 3 is 2.43 bits per heavy atom. The molecule has 3 N–H and O–H groups in total. The van der Waals surface area contributed by atoms with Crippen molar-refractivity contribution in [1.29, 1.82) is 0 Å². The van der Waals surface area contributed by atoms with Gasteiger partial charge in [0.2, 0.25) is 11.9 Å². The molecule has 37 heavy (non-hydrogen) atoms. The van der Waals surface area contributed by atoms with Crippen LogP contribution in [0.15, 0.2) is 48.8 Å². The fraction of sp³-hybridized carbons (Fsp3) is 0.423. The van der Waals surface area contributed by atoms with Gasteiger partial charge in [0.05, 0.1) is 24.1 Å². The summed E-state index contributed by atoms with van der Waals surface area (Å²) in [5.41, 5.74) is 2.18. The molecule has 0 saturated carbocycles. The first kappa shape index (κ1) is 22.4. The number of urea groups is 1. The number of rotatable bonds is 5. The number of hydrogen-bond acceptors (Lipinski definition) is 9. The summed E-state index contributed by atoms with van der Waals surface area (Å²) in [6.07, 6.45) is 7.07. The van der Waals surface area contributed by atoms with Crippen LogP contribution in [-0.2, 0) is 4.74 Å². The van der Waals surface area contributed by atoms with Gasteiger partial charge in [0.1, 0.15) is 0 Å². The van der Waals surface area contributed by atoms with E-state index in [1.165, 1.54) is 0 Å². The maximum atomic E-state index is 12.4. The van der Waals surface area contributed by atoms with E-state index in [-0.39, 0.29) is 18.2 Å². The molecule has 4 saturated heterocycles. The number of nitrogens with one attached hydrogen (secondary N) is 3. The van der Waals surface area contributed by atoms with E-state index >= 15 is 0 Å². The van der Waals surface area contributed by atoms with Crippen molar-refractivity contribution < 1.29 is 9.53 Å². The lowest BCUT2D eigenvalue weighted by Crippen LogP contribution is -2.46. The van der Waals surface area contributed by atoms with Crippen LogP contribution in [0.25, 0.3) is 11.4 Å². The highest BCUT2D eigenvalue weighted by atomic mass is 16.5. The lowest BCUT2D eigenvalue weighted by molar-refractivity contribution is 0.0299. The minimum Gasteiger partial charge on any atom is -0.371 e. The van der Waals surface area contributed by atoms with Crippen LogP contribution in [0.1, 0.15) is 19.3 Å². The Bertz CT molecular complexity index is 1280. The van der Waals surface area contributed by atoms with Crippen molar-refractivity contribution in [3.8, 4) is 11.4 Å². The molecule has 6 heterocycles. The number of aromatic nitrogens is 4. The lowest BCUT2D eigenvalue weighted by atomic mass is 10.2. The van der Waals surface area contributed by atoms with Gasteiger partial charge in [-0.05, 0) is 55.7 Å². The molecule has 2 amide bonds. The minimum absolute atomic E-state index is 0.248. The van der Waals surface area contributed by atoms with E-state index in [1.54, 1.807) is 24.5 Å². The fourth-order valence-corrected chi connectivity index (χ4v) is 5.77. The topological polar surface area (TPSA) is 120 Å². The Morgan fingerprint density at radius 1 is 0.946 bits per heavy atom. The number of benzene rings is 1. The smallest absolute Gasteiger partial charge is 0.323 e. The molecule has 1 aromatic carbocycles. The zero-order valence-electron chi connectivity index (χ0n) is 20.4. The van der Waals surface area contributed by atoms with Crippen LogP contribution in [0.3, 0.4) is 0 Å². The lowest BCUT2D eigenvalue weighted by Gasteiger charge is -2.33. The van der Waals surface area contributed by atoms with Gasteiger partial charge in [-0.2, -0.15) is 15.0 Å². The second-order valence-corrected chi connectivity index (χ2v) is 10.2. The monoisotopic (exact) mass is 499 g/mol. The predicted octanol–water partition coefficient (Wildman–Crippen LogP) is 2.50. The number of hydrogen-bond donors (Lipinski definition) is 3. The van der Waals surface area contributed by atoms with Gasteiger partial charge in [0, 0.05) is 55.7 Å². The molecule has 4 fully saturated rings. The number of pyridine rings is 1. The molecule has 2 unspecified atom stereocenters. The molecule has 0 aliphatic carbocycles. The molecular weight excluding hydrogens is 470 g/mol. The average Bonchev–Trinajstić information content (AvgIpc) is 3.65. The Hall–Kier alpha value is -3.83. The summed E-state index contributed by atoms with van der Waals surface area (Å²) in [6, 6.07) is 11.7. The maximum Gasteiger partial charge on any atom is 0.323 e. The van der Waals surface area contributed by atoms with Crippen molar-refractivity contribution in [2.24, 2.45) is 0 Å². The Balaban J connectivity index is 1.14. The number of carbonyl (C=O) groups is 1. The summed E-state index contributed by atoms with van der Waals surface area (Å²) in [4.78, 5) is 35.7. The summed E-state index contributed by atoms with van der Waals surface area (Å²) < 4.78 is 6.04. The number of ether oxygens (including phenoxy) is 1. The summed E-state index contributed by atoms with van der Waals surface area (Å²) in [5, 5.41) is 9.18. The third-order valence-electron chi connectivity index (χ3n) is 7.57. The van der Waals surface area contributed by atoms with Crippen LogP contribution in [0.2, 0.25) is 0 Å². The van der Waals surface area contributed by atoms with Crippen molar-refractivity contribution in [2.45, 2.75) is 43.6 Å². The van der Waals surface area contributed by atoms with Crippen LogP contribution >= 0.6 is 0 Å². The van der Waals surface area contributed by atoms with Crippen LogP contribution in [-0.4, -0.2) is 76.4 Å². The summed E-state index contributed by atoms with van der Waals surface area (Å²) >= 11 is 0. The molecule has 11 nitrogen and oxygen atoms in total. The molecule has 3 aromatic rings. The molecule has 7 rings (SSSR count). The highest BCUT2D eigenvalue weighted by molar-refractivity contribution is 5.99. The predicted molar refractivity (Wildman–Crippen MR) is 140 cm³/mol. The van der Waals surface area contributed by atoms with E-state index in [0.717, 1.165) is 57.0 Å². The van der Waals surface area contributed by atoms with E-state index in [0.29, 0.717) is 35.2 Å². The number of carbonyl (C=O) groups excluding carboxylic acids is 1. The van der Waals surface area contributed by atoms with E-state index in [1.807, 2.05) is 24.3 Å². The molecular formula is C26H29N9O2. The SMILES string of the molecule is O=C(Nc1ccc(-c2nc(N3CC4CCC(C3)O4)nc(N3C[C@@H]4C[C@H]3CN4)n2)cc1)Nc1cccnc1. The number of piperazine rings is 1. The molecule has 4 aliphatic rings. The third-order valence-corrected chi connectivity index (χ3v) is 7.57. The van der Waals surface area contributed by atoms with Crippen LogP contribution in [0.5, 0.6) is 0 Å². The van der Waals surface area contributed by atoms with Gasteiger partial charge in [-0.25, -0.2) is 4.79 Å². The Morgan fingerprint density at radius 2 is 1.73 bits per heavy atom. The van der Waals surface area contributed by atoms with Crippen molar-refractivity contribution in [1.82, 2.24) is 25.3 Å². The number of fused-ring (bicyclic) bond motifs is 4. The van der Waals surface area contributed by atoms with Gasteiger partial charge in [0.25, 0.3) is 0 Å². The average molecular weight is 500 g/mol. The molecule has 190 valence electrons. The van der Waals surface area contributed by atoms with Crippen molar-refractivity contribution >= 4 is 29.3 Å². The molecule has 4 aliphatic heterocycles. The molecule has 2 aromatic heterocycles. The first-order chi connectivity index (χ1) is 18.2.